The molecular weight excluding hydrogens is 240 g/mol. The summed E-state index contributed by atoms with van der Waals surface area (Å²) in [7, 11) is 3.81. The number of aryl methyl sites for hydroxylation is 1. The smallest absolute Gasteiger partial charge is 0.194 e. The molecule has 0 aromatic carbocycles. The van der Waals surface area contributed by atoms with Crippen molar-refractivity contribution in [1.29, 1.82) is 0 Å². The Bertz CT molecular complexity index is 473. The Balaban J connectivity index is 1.96. The fourth-order valence-corrected chi connectivity index (χ4v) is 2.39. The molecule has 0 radical (unpaired) electrons. The molecule has 1 aromatic rings. The second-order valence-corrected chi connectivity index (χ2v) is 5.96. The molecule has 2 rings (SSSR count). The van der Waals surface area contributed by atoms with Gasteiger partial charge in [-0.15, -0.1) is 10.2 Å². The molecule has 1 aliphatic heterocycles. The number of nitrogens with one attached hydrogen (secondary N) is 1. The van der Waals surface area contributed by atoms with Gasteiger partial charge < -0.3 is 14.8 Å². The van der Waals surface area contributed by atoms with E-state index in [1.54, 1.807) is 0 Å². The van der Waals surface area contributed by atoms with Gasteiger partial charge >= 0.3 is 0 Å². The van der Waals surface area contributed by atoms with Crippen LogP contribution >= 0.6 is 0 Å². The highest BCUT2D eigenvalue weighted by Crippen LogP contribution is 2.28. The third-order valence-corrected chi connectivity index (χ3v) is 3.78. The summed E-state index contributed by atoms with van der Waals surface area (Å²) in [6.45, 7) is 9.31. The summed E-state index contributed by atoms with van der Waals surface area (Å²) < 4.78 is 1.99. The van der Waals surface area contributed by atoms with Crippen molar-refractivity contribution in [2.45, 2.75) is 33.7 Å². The number of rotatable bonds is 2. The molecule has 0 aliphatic carbocycles. The highest BCUT2D eigenvalue weighted by atomic mass is 15.3. The average molecular weight is 264 g/mol. The molecule has 0 bridgehead atoms. The zero-order chi connectivity index (χ0) is 14.0. The van der Waals surface area contributed by atoms with Crippen LogP contribution in [0.1, 0.15) is 31.9 Å². The Labute approximate surface area is 114 Å². The molecule has 0 atom stereocenters. The molecule has 2 heterocycles. The van der Waals surface area contributed by atoms with Gasteiger partial charge in [0.05, 0.1) is 6.54 Å². The maximum Gasteiger partial charge on any atom is 0.194 e. The van der Waals surface area contributed by atoms with Gasteiger partial charge in [0.2, 0.25) is 0 Å². The molecule has 0 saturated carbocycles. The Morgan fingerprint density at radius 2 is 2.16 bits per heavy atom. The molecule has 0 unspecified atom stereocenters. The van der Waals surface area contributed by atoms with Crippen molar-refractivity contribution >= 4 is 5.96 Å². The number of aliphatic imine (C=N–C) groups is 1. The lowest BCUT2D eigenvalue weighted by molar-refractivity contribution is 0.370. The van der Waals surface area contributed by atoms with E-state index in [0.717, 1.165) is 30.7 Å². The van der Waals surface area contributed by atoms with Gasteiger partial charge in [-0.05, 0) is 18.8 Å². The number of guanidine groups is 1. The number of likely N-dealkylation sites (tertiary alicyclic amines) is 1. The fourth-order valence-electron chi connectivity index (χ4n) is 2.39. The summed E-state index contributed by atoms with van der Waals surface area (Å²) in [6.07, 6.45) is 1.21. The summed E-state index contributed by atoms with van der Waals surface area (Å²) >= 11 is 0. The molecule has 6 heteroatoms. The first kappa shape index (κ1) is 13.8. The monoisotopic (exact) mass is 264 g/mol. The molecule has 6 nitrogen and oxygen atoms in total. The van der Waals surface area contributed by atoms with Gasteiger partial charge in [0.15, 0.2) is 11.8 Å². The normalized spacial score (nSPS) is 19.0. The van der Waals surface area contributed by atoms with E-state index in [1.807, 2.05) is 25.6 Å². The van der Waals surface area contributed by atoms with Crippen LogP contribution in [0.15, 0.2) is 4.99 Å². The van der Waals surface area contributed by atoms with E-state index in [-0.39, 0.29) is 0 Å². The maximum absolute atomic E-state index is 4.36. The molecule has 19 heavy (non-hydrogen) atoms. The predicted octanol–water partition coefficient (Wildman–Crippen LogP) is 0.931. The van der Waals surface area contributed by atoms with E-state index in [1.165, 1.54) is 6.42 Å². The van der Waals surface area contributed by atoms with Crippen molar-refractivity contribution in [3.05, 3.63) is 11.6 Å². The van der Waals surface area contributed by atoms with E-state index in [0.29, 0.717) is 12.0 Å². The quantitative estimate of drug-likeness (QED) is 0.638. The minimum Gasteiger partial charge on any atom is -0.349 e. The average Bonchev–Trinajstić information content (AvgIpc) is 2.86. The molecule has 1 aromatic heterocycles. The molecule has 0 amide bonds. The van der Waals surface area contributed by atoms with Crippen molar-refractivity contribution in [3.63, 3.8) is 0 Å². The van der Waals surface area contributed by atoms with Gasteiger partial charge in [-0.2, -0.15) is 0 Å². The van der Waals surface area contributed by atoms with E-state index in [9.17, 15) is 0 Å². The highest BCUT2D eigenvalue weighted by Gasteiger charge is 2.30. The Morgan fingerprint density at radius 1 is 1.42 bits per heavy atom. The Hall–Kier alpha value is -1.59. The largest absolute Gasteiger partial charge is 0.349 e. The minimum atomic E-state index is 0.374. The third kappa shape index (κ3) is 3.05. The molecule has 1 fully saturated rings. The Kier molecular flexibility index (Phi) is 3.78. The van der Waals surface area contributed by atoms with Crippen molar-refractivity contribution < 1.29 is 0 Å². The maximum atomic E-state index is 4.36. The van der Waals surface area contributed by atoms with Crippen LogP contribution in [-0.2, 0) is 13.6 Å². The fraction of sp³-hybridized carbons (Fsp3) is 0.769. The lowest BCUT2D eigenvalue weighted by atomic mass is 9.93. The Morgan fingerprint density at radius 3 is 2.63 bits per heavy atom. The second kappa shape index (κ2) is 5.19. The first-order valence-corrected chi connectivity index (χ1v) is 6.73. The minimum absolute atomic E-state index is 0.374. The molecule has 0 spiro atoms. The van der Waals surface area contributed by atoms with Crippen molar-refractivity contribution in [3.8, 4) is 0 Å². The van der Waals surface area contributed by atoms with Crippen LogP contribution in [-0.4, -0.2) is 45.8 Å². The van der Waals surface area contributed by atoms with Crippen LogP contribution in [0.4, 0.5) is 0 Å². The zero-order valence-electron chi connectivity index (χ0n) is 12.6. The van der Waals surface area contributed by atoms with Crippen LogP contribution < -0.4 is 5.32 Å². The summed E-state index contributed by atoms with van der Waals surface area (Å²) in [5.41, 5.74) is 0.374. The highest BCUT2D eigenvalue weighted by molar-refractivity contribution is 5.80. The summed E-state index contributed by atoms with van der Waals surface area (Å²) in [5, 5.41) is 11.6. The van der Waals surface area contributed by atoms with Crippen molar-refractivity contribution in [2.24, 2.45) is 17.5 Å². The van der Waals surface area contributed by atoms with Gasteiger partial charge in [0.1, 0.15) is 5.82 Å². The number of hydrogen-bond donors (Lipinski definition) is 1. The van der Waals surface area contributed by atoms with E-state index < -0.39 is 0 Å². The number of aromatic nitrogens is 3. The first-order chi connectivity index (χ1) is 8.93. The predicted molar refractivity (Wildman–Crippen MR) is 75.9 cm³/mol. The van der Waals surface area contributed by atoms with Crippen LogP contribution in [0.5, 0.6) is 0 Å². The number of nitrogens with zero attached hydrogens (tertiary/aromatic N) is 5. The van der Waals surface area contributed by atoms with Crippen LogP contribution in [0.3, 0.4) is 0 Å². The summed E-state index contributed by atoms with van der Waals surface area (Å²) in [4.78, 5) is 6.67. The SMILES string of the molecule is CN=C(NCc1nnc(C)n1C)N1CCC(C)(C)C1. The van der Waals surface area contributed by atoms with Crippen molar-refractivity contribution in [2.75, 3.05) is 20.1 Å². The molecule has 106 valence electrons. The van der Waals surface area contributed by atoms with Crippen LogP contribution in [0.25, 0.3) is 0 Å². The zero-order valence-corrected chi connectivity index (χ0v) is 12.6. The van der Waals surface area contributed by atoms with Gasteiger partial charge in [-0.3, -0.25) is 4.99 Å². The lowest BCUT2D eigenvalue weighted by Crippen LogP contribution is -2.40. The molecule has 1 N–H and O–H groups in total. The van der Waals surface area contributed by atoms with Gasteiger partial charge in [-0.25, -0.2) is 0 Å². The number of hydrogen-bond acceptors (Lipinski definition) is 3. The van der Waals surface area contributed by atoms with E-state index in [2.05, 4.69) is 39.3 Å². The molecular formula is C13H24N6. The lowest BCUT2D eigenvalue weighted by Gasteiger charge is -2.23. The second-order valence-electron chi connectivity index (χ2n) is 5.96. The third-order valence-electron chi connectivity index (χ3n) is 3.78. The van der Waals surface area contributed by atoms with Gasteiger partial charge in [0.25, 0.3) is 0 Å². The van der Waals surface area contributed by atoms with Crippen LogP contribution in [0.2, 0.25) is 0 Å². The van der Waals surface area contributed by atoms with E-state index >= 15 is 0 Å². The molecule has 1 saturated heterocycles. The van der Waals surface area contributed by atoms with E-state index in [4.69, 9.17) is 0 Å². The standard InChI is InChI=1S/C13H24N6/c1-10-16-17-11(18(10)5)8-15-12(14-4)19-7-6-13(2,3)9-19/h6-9H2,1-5H3,(H,14,15). The topological polar surface area (TPSA) is 58.3 Å². The summed E-state index contributed by atoms with van der Waals surface area (Å²) in [6, 6.07) is 0. The molecule has 1 aliphatic rings. The van der Waals surface area contributed by atoms with Gasteiger partial charge in [-0.1, -0.05) is 13.8 Å². The van der Waals surface area contributed by atoms with Gasteiger partial charge in [0, 0.05) is 27.2 Å². The van der Waals surface area contributed by atoms with Crippen LogP contribution in [0, 0.1) is 12.3 Å². The summed E-state index contributed by atoms with van der Waals surface area (Å²) in [5.74, 6) is 2.80. The first-order valence-electron chi connectivity index (χ1n) is 6.73. The van der Waals surface area contributed by atoms with Crippen molar-refractivity contribution in [1.82, 2.24) is 25.0 Å².